The van der Waals surface area contributed by atoms with E-state index in [1.165, 1.54) is 6.07 Å². The summed E-state index contributed by atoms with van der Waals surface area (Å²) in [5, 5.41) is 34.3. The molecule has 0 radical (unpaired) electrons. The van der Waals surface area contributed by atoms with Gasteiger partial charge in [0.1, 0.15) is 6.04 Å². The molecule has 1 fully saturated rings. The number of rotatable bonds is 10. The molecule has 0 saturated heterocycles. The molecule has 1 saturated carbocycles. The molecule has 0 bridgehead atoms. The van der Waals surface area contributed by atoms with Crippen LogP contribution in [0.25, 0.3) is 10.9 Å². The number of H-pyrrole nitrogens is 1. The number of benzene rings is 2. The largest absolute Gasteiger partial charge is 0.480 e. The quantitative estimate of drug-likeness (QED) is 0.292. The molecule has 0 aliphatic heterocycles. The molecule has 5 N–H and O–H groups in total. The first-order valence-corrected chi connectivity index (χ1v) is 12.4. The minimum absolute atomic E-state index is 0.00535. The third-order valence-electron chi connectivity index (χ3n) is 7.28. The highest BCUT2D eigenvalue weighted by Gasteiger charge is 2.36. The first-order valence-electron chi connectivity index (χ1n) is 12.4. The lowest BCUT2D eigenvalue weighted by atomic mass is 9.77. The van der Waals surface area contributed by atoms with Crippen molar-refractivity contribution < 1.29 is 29.7 Å². The van der Waals surface area contributed by atoms with E-state index in [9.17, 15) is 29.7 Å². The number of carboxylic acid groups (broad SMARTS) is 2. The van der Waals surface area contributed by atoms with Gasteiger partial charge in [-0.3, -0.25) is 4.79 Å². The number of aliphatic hydroxyl groups is 1. The number of carbonyl (C=O) groups is 3. The van der Waals surface area contributed by atoms with Gasteiger partial charge < -0.3 is 25.6 Å². The maximum Gasteiger partial charge on any atom is 0.335 e. The van der Waals surface area contributed by atoms with Gasteiger partial charge in [0, 0.05) is 23.5 Å². The Balaban J connectivity index is 1.59. The lowest BCUT2D eigenvalue weighted by molar-refractivity contribution is -0.143. The van der Waals surface area contributed by atoms with Gasteiger partial charge in [-0.25, -0.2) is 9.59 Å². The van der Waals surface area contributed by atoms with Crippen LogP contribution in [0.2, 0.25) is 0 Å². The molecule has 4 rings (SSSR count). The van der Waals surface area contributed by atoms with Gasteiger partial charge in [0.15, 0.2) is 0 Å². The van der Waals surface area contributed by atoms with Crippen molar-refractivity contribution in [1.82, 2.24) is 10.3 Å². The molecule has 3 aromatic rings. The molecule has 3 unspecified atom stereocenters. The van der Waals surface area contributed by atoms with Crippen LogP contribution < -0.4 is 5.32 Å². The van der Waals surface area contributed by atoms with Gasteiger partial charge in [0.05, 0.1) is 17.6 Å². The smallest absolute Gasteiger partial charge is 0.335 e. The van der Waals surface area contributed by atoms with Gasteiger partial charge in [0.25, 0.3) is 0 Å². The van der Waals surface area contributed by atoms with Crippen molar-refractivity contribution in [2.75, 3.05) is 0 Å². The molecule has 36 heavy (non-hydrogen) atoms. The Hall–Kier alpha value is -3.65. The second-order valence-electron chi connectivity index (χ2n) is 9.62. The Labute approximate surface area is 209 Å². The van der Waals surface area contributed by atoms with E-state index in [1.54, 1.807) is 24.4 Å². The number of fused-ring (bicyclic) bond motifs is 1. The van der Waals surface area contributed by atoms with Crippen LogP contribution >= 0.6 is 0 Å². The molecule has 1 aliphatic carbocycles. The summed E-state index contributed by atoms with van der Waals surface area (Å²) < 4.78 is 0. The third kappa shape index (κ3) is 5.76. The van der Waals surface area contributed by atoms with Gasteiger partial charge in [0.2, 0.25) is 5.91 Å². The van der Waals surface area contributed by atoms with Crippen molar-refractivity contribution in [3.63, 3.8) is 0 Å². The molecule has 3 atom stereocenters. The Morgan fingerprint density at radius 1 is 0.917 bits per heavy atom. The van der Waals surface area contributed by atoms with Crippen molar-refractivity contribution in [1.29, 1.82) is 0 Å². The Morgan fingerprint density at radius 3 is 2.33 bits per heavy atom. The number of carboxylic acids is 2. The van der Waals surface area contributed by atoms with Crippen molar-refractivity contribution in [3.05, 3.63) is 71.4 Å². The number of carbonyl (C=O) groups excluding carboxylic acids is 1. The lowest BCUT2D eigenvalue weighted by Gasteiger charge is -2.32. The molecule has 1 aliphatic rings. The van der Waals surface area contributed by atoms with Gasteiger partial charge in [-0.15, -0.1) is 0 Å². The zero-order valence-electron chi connectivity index (χ0n) is 20.0. The average molecular weight is 493 g/mol. The van der Waals surface area contributed by atoms with E-state index in [-0.39, 0.29) is 24.3 Å². The van der Waals surface area contributed by atoms with Crippen LogP contribution in [0, 0.1) is 11.8 Å². The molecule has 2 aromatic carbocycles. The van der Waals surface area contributed by atoms with E-state index in [2.05, 4.69) is 10.3 Å². The van der Waals surface area contributed by atoms with Gasteiger partial charge in [-0.05, 0) is 48.4 Å². The standard InChI is InChI=1S/C28H32N2O6/c31-25(17-8-2-1-3-9-17)22(14-18-10-4-5-12-21(18)27(33)34)26(32)30-24(28(35)36)15-19-16-29-23-13-7-6-11-20(19)23/h4-7,10-13,16-17,22,24-25,29,31H,1-3,8-9,14-15H2,(H,30,32)(H,33,34)(H,35,36). The molecule has 1 heterocycles. The van der Waals surface area contributed by atoms with E-state index in [0.717, 1.165) is 48.6 Å². The second-order valence-corrected chi connectivity index (χ2v) is 9.62. The molecular formula is C28H32N2O6. The molecule has 1 aromatic heterocycles. The van der Waals surface area contributed by atoms with Crippen molar-refractivity contribution in [2.24, 2.45) is 11.8 Å². The van der Waals surface area contributed by atoms with E-state index < -0.39 is 35.9 Å². The second kappa shape index (κ2) is 11.4. The number of aromatic carboxylic acids is 1. The van der Waals surface area contributed by atoms with Gasteiger partial charge >= 0.3 is 11.9 Å². The Morgan fingerprint density at radius 2 is 1.61 bits per heavy atom. The fraction of sp³-hybridized carbons (Fsp3) is 0.393. The highest BCUT2D eigenvalue weighted by atomic mass is 16.4. The van der Waals surface area contributed by atoms with Crippen molar-refractivity contribution >= 4 is 28.7 Å². The highest BCUT2D eigenvalue weighted by Crippen LogP contribution is 2.31. The molecule has 190 valence electrons. The molecule has 0 spiro atoms. The van der Waals surface area contributed by atoms with Crippen molar-refractivity contribution in [2.45, 2.75) is 57.1 Å². The summed E-state index contributed by atoms with van der Waals surface area (Å²) >= 11 is 0. The number of hydrogen-bond donors (Lipinski definition) is 5. The number of amides is 1. The van der Waals surface area contributed by atoms with E-state index in [4.69, 9.17) is 0 Å². The summed E-state index contributed by atoms with van der Waals surface area (Å²) in [6, 6.07) is 12.7. The first kappa shape index (κ1) is 25.4. The Kier molecular flexibility index (Phi) is 8.05. The van der Waals surface area contributed by atoms with Crippen LogP contribution in [0.1, 0.15) is 53.6 Å². The normalized spacial score (nSPS) is 16.8. The SMILES string of the molecule is O=C(O)c1ccccc1CC(C(=O)NC(Cc1c[nH]c2ccccc12)C(=O)O)C(O)C1CCCCC1. The van der Waals surface area contributed by atoms with E-state index in [1.807, 2.05) is 24.3 Å². The summed E-state index contributed by atoms with van der Waals surface area (Å²) in [6.07, 6.45) is 5.37. The molecule has 8 nitrogen and oxygen atoms in total. The number of hydrogen-bond acceptors (Lipinski definition) is 4. The molecule has 8 heteroatoms. The predicted molar refractivity (Wildman–Crippen MR) is 135 cm³/mol. The van der Waals surface area contributed by atoms with Crippen LogP contribution in [0.4, 0.5) is 0 Å². The number of aliphatic carboxylic acids is 1. The highest BCUT2D eigenvalue weighted by molar-refractivity contribution is 5.90. The lowest BCUT2D eigenvalue weighted by Crippen LogP contribution is -2.49. The average Bonchev–Trinajstić information content (AvgIpc) is 3.29. The minimum atomic E-state index is -1.20. The summed E-state index contributed by atoms with van der Waals surface area (Å²) in [4.78, 5) is 40.5. The van der Waals surface area contributed by atoms with E-state index >= 15 is 0 Å². The fourth-order valence-corrected chi connectivity index (χ4v) is 5.32. The topological polar surface area (TPSA) is 140 Å². The number of aromatic amines is 1. The molecular weight excluding hydrogens is 460 g/mol. The maximum atomic E-state index is 13.5. The number of nitrogens with one attached hydrogen (secondary N) is 2. The summed E-state index contributed by atoms with van der Waals surface area (Å²) in [5.41, 5.74) is 2.14. The number of aliphatic hydroxyl groups excluding tert-OH is 1. The third-order valence-corrected chi connectivity index (χ3v) is 7.28. The zero-order valence-corrected chi connectivity index (χ0v) is 20.0. The fourth-order valence-electron chi connectivity index (χ4n) is 5.32. The predicted octanol–water partition coefficient (Wildman–Crippen LogP) is 3.78. The first-order chi connectivity index (χ1) is 17.3. The van der Waals surface area contributed by atoms with E-state index in [0.29, 0.717) is 5.56 Å². The van der Waals surface area contributed by atoms with Crippen LogP contribution in [-0.2, 0) is 22.4 Å². The zero-order chi connectivity index (χ0) is 25.7. The van der Waals surface area contributed by atoms with Crippen LogP contribution in [0.15, 0.2) is 54.7 Å². The van der Waals surface area contributed by atoms with Crippen LogP contribution in [0.3, 0.4) is 0 Å². The van der Waals surface area contributed by atoms with Gasteiger partial charge in [-0.2, -0.15) is 0 Å². The maximum absolute atomic E-state index is 13.5. The summed E-state index contributed by atoms with van der Waals surface area (Å²) in [6.45, 7) is 0. The summed E-state index contributed by atoms with van der Waals surface area (Å²) in [5.74, 6) is -3.94. The number of aromatic nitrogens is 1. The van der Waals surface area contributed by atoms with Crippen LogP contribution in [0.5, 0.6) is 0 Å². The van der Waals surface area contributed by atoms with Crippen LogP contribution in [-0.4, -0.2) is 50.3 Å². The van der Waals surface area contributed by atoms with Gasteiger partial charge in [-0.1, -0.05) is 55.7 Å². The minimum Gasteiger partial charge on any atom is -0.480 e. The molecule has 1 amide bonds. The monoisotopic (exact) mass is 492 g/mol. The van der Waals surface area contributed by atoms with Crippen molar-refractivity contribution in [3.8, 4) is 0 Å². The Bertz CT molecular complexity index is 1230. The summed E-state index contributed by atoms with van der Waals surface area (Å²) in [7, 11) is 0. The number of para-hydroxylation sites is 1.